The molecule has 3 rings (SSSR count). The summed E-state index contributed by atoms with van der Waals surface area (Å²) in [7, 11) is 0. The van der Waals surface area contributed by atoms with Crippen LogP contribution in [0.15, 0.2) is 60.9 Å². The Morgan fingerprint density at radius 1 is 1.04 bits per heavy atom. The van der Waals surface area contributed by atoms with E-state index in [1.165, 1.54) is 5.56 Å². The third kappa shape index (κ3) is 3.99. The monoisotopic (exact) mass is 337 g/mol. The molecule has 0 radical (unpaired) electrons. The highest BCUT2D eigenvalue weighted by molar-refractivity contribution is 6.31. The Morgan fingerprint density at radius 2 is 1.79 bits per heavy atom. The number of nitrogens with zero attached hydrogens (tertiary/aromatic N) is 2. The van der Waals surface area contributed by atoms with Crippen LogP contribution in [0.4, 0.5) is 0 Å². The fourth-order valence-corrected chi connectivity index (χ4v) is 2.89. The fraction of sp³-hybridized carbons (Fsp3) is 0.200. The summed E-state index contributed by atoms with van der Waals surface area (Å²) in [5.74, 6) is 0.751. The molecular weight excluding hydrogens is 318 g/mol. The van der Waals surface area contributed by atoms with E-state index < -0.39 is 0 Å². The van der Waals surface area contributed by atoms with E-state index in [0.717, 1.165) is 27.5 Å². The van der Waals surface area contributed by atoms with Gasteiger partial charge in [0.1, 0.15) is 0 Å². The number of benzene rings is 2. The van der Waals surface area contributed by atoms with Crippen LogP contribution in [-0.2, 0) is 6.54 Å². The Balaban J connectivity index is 1.65. The summed E-state index contributed by atoms with van der Waals surface area (Å²) < 4.78 is 0. The quantitative estimate of drug-likeness (QED) is 0.715. The molecule has 0 fully saturated rings. The van der Waals surface area contributed by atoms with Gasteiger partial charge < -0.3 is 5.32 Å². The van der Waals surface area contributed by atoms with Crippen molar-refractivity contribution < 1.29 is 0 Å². The Morgan fingerprint density at radius 3 is 2.50 bits per heavy atom. The van der Waals surface area contributed by atoms with Gasteiger partial charge in [-0.1, -0.05) is 53.6 Å². The predicted octanol–water partition coefficient (Wildman–Crippen LogP) is 4.96. The molecule has 3 aromatic rings. The van der Waals surface area contributed by atoms with Crippen LogP contribution in [0, 0.1) is 6.92 Å². The second-order valence-electron chi connectivity index (χ2n) is 5.91. The zero-order valence-corrected chi connectivity index (χ0v) is 14.6. The van der Waals surface area contributed by atoms with E-state index in [1.54, 1.807) is 0 Å². The van der Waals surface area contributed by atoms with Gasteiger partial charge in [0.05, 0.1) is 0 Å². The Hall–Kier alpha value is -2.23. The molecule has 2 aromatic carbocycles. The first kappa shape index (κ1) is 16.6. The number of halogens is 1. The average molecular weight is 338 g/mol. The van der Waals surface area contributed by atoms with Gasteiger partial charge in [-0.15, -0.1) is 0 Å². The molecule has 1 heterocycles. The molecule has 0 amide bonds. The smallest absolute Gasteiger partial charge is 0.159 e. The molecule has 1 N–H and O–H groups in total. The highest BCUT2D eigenvalue weighted by Gasteiger charge is 2.09. The number of nitrogens with one attached hydrogen (secondary N) is 1. The number of aromatic nitrogens is 2. The Kier molecular flexibility index (Phi) is 5.24. The molecule has 0 aliphatic heterocycles. The number of hydrogen-bond donors (Lipinski definition) is 1. The van der Waals surface area contributed by atoms with Gasteiger partial charge in [-0.2, -0.15) is 0 Å². The Bertz CT molecular complexity index is 815. The van der Waals surface area contributed by atoms with E-state index in [9.17, 15) is 0 Å². The van der Waals surface area contributed by atoms with E-state index in [-0.39, 0.29) is 6.04 Å². The molecule has 0 saturated heterocycles. The standard InChI is InChI=1S/C20H20ClN3/c1-14-6-5-7-17(10-14)20-23-12-16(13-24-20)11-22-15(2)18-8-3-4-9-19(18)21/h3-10,12-13,15,22H,11H2,1-2H3/t15-/m1/s1. The lowest BCUT2D eigenvalue weighted by atomic mass is 10.1. The van der Waals surface area contributed by atoms with Gasteiger partial charge >= 0.3 is 0 Å². The van der Waals surface area contributed by atoms with Gasteiger partial charge in [-0.3, -0.25) is 0 Å². The molecule has 122 valence electrons. The Labute approximate surface area is 147 Å². The minimum atomic E-state index is 0.162. The lowest BCUT2D eigenvalue weighted by Gasteiger charge is -2.15. The molecular formula is C20H20ClN3. The van der Waals surface area contributed by atoms with Gasteiger partial charge in [-0.25, -0.2) is 9.97 Å². The SMILES string of the molecule is Cc1cccc(-c2ncc(CN[C@H](C)c3ccccc3Cl)cn2)c1. The predicted molar refractivity (Wildman–Crippen MR) is 98.9 cm³/mol. The first-order chi connectivity index (χ1) is 11.6. The maximum Gasteiger partial charge on any atom is 0.159 e. The van der Waals surface area contributed by atoms with Crippen LogP contribution in [0.2, 0.25) is 5.02 Å². The second-order valence-corrected chi connectivity index (χ2v) is 6.32. The van der Waals surface area contributed by atoms with Crippen LogP contribution in [0.3, 0.4) is 0 Å². The lowest BCUT2D eigenvalue weighted by Crippen LogP contribution is -2.18. The minimum Gasteiger partial charge on any atom is -0.306 e. The molecule has 0 bridgehead atoms. The van der Waals surface area contributed by atoms with Crippen molar-refractivity contribution in [3.63, 3.8) is 0 Å². The van der Waals surface area contributed by atoms with E-state index in [0.29, 0.717) is 6.54 Å². The van der Waals surface area contributed by atoms with Crippen molar-refractivity contribution in [2.75, 3.05) is 0 Å². The lowest BCUT2D eigenvalue weighted by molar-refractivity contribution is 0.573. The van der Waals surface area contributed by atoms with Gasteiger partial charge in [0.25, 0.3) is 0 Å². The van der Waals surface area contributed by atoms with Crippen LogP contribution in [-0.4, -0.2) is 9.97 Å². The van der Waals surface area contributed by atoms with Crippen LogP contribution < -0.4 is 5.32 Å². The van der Waals surface area contributed by atoms with Crippen molar-refractivity contribution >= 4 is 11.6 Å². The average Bonchev–Trinajstić information content (AvgIpc) is 2.60. The molecule has 4 heteroatoms. The number of rotatable bonds is 5. The summed E-state index contributed by atoms with van der Waals surface area (Å²) in [5, 5.41) is 4.24. The molecule has 3 nitrogen and oxygen atoms in total. The van der Waals surface area contributed by atoms with Gasteiger partial charge in [0, 0.05) is 41.1 Å². The van der Waals surface area contributed by atoms with E-state index in [2.05, 4.69) is 41.3 Å². The highest BCUT2D eigenvalue weighted by Crippen LogP contribution is 2.22. The van der Waals surface area contributed by atoms with Crippen molar-refractivity contribution in [3.8, 4) is 11.4 Å². The molecule has 0 aliphatic carbocycles. The third-order valence-electron chi connectivity index (χ3n) is 3.97. The zero-order chi connectivity index (χ0) is 16.9. The zero-order valence-electron chi connectivity index (χ0n) is 13.8. The van der Waals surface area contributed by atoms with E-state index in [4.69, 9.17) is 11.6 Å². The summed E-state index contributed by atoms with van der Waals surface area (Å²) in [4.78, 5) is 8.96. The van der Waals surface area contributed by atoms with E-state index in [1.807, 2.05) is 48.8 Å². The second kappa shape index (κ2) is 7.56. The van der Waals surface area contributed by atoms with Crippen LogP contribution in [0.25, 0.3) is 11.4 Å². The van der Waals surface area contributed by atoms with Crippen molar-refractivity contribution in [2.24, 2.45) is 0 Å². The molecule has 0 aliphatic rings. The summed E-state index contributed by atoms with van der Waals surface area (Å²) in [6.07, 6.45) is 3.74. The largest absolute Gasteiger partial charge is 0.306 e. The van der Waals surface area contributed by atoms with Gasteiger partial charge in [-0.05, 0) is 31.5 Å². The van der Waals surface area contributed by atoms with E-state index >= 15 is 0 Å². The van der Waals surface area contributed by atoms with Crippen molar-refractivity contribution in [2.45, 2.75) is 26.4 Å². The number of aryl methyl sites for hydroxylation is 1. The third-order valence-corrected chi connectivity index (χ3v) is 4.31. The molecule has 24 heavy (non-hydrogen) atoms. The van der Waals surface area contributed by atoms with Crippen LogP contribution in [0.5, 0.6) is 0 Å². The summed E-state index contributed by atoms with van der Waals surface area (Å²) >= 11 is 6.24. The van der Waals surface area contributed by atoms with Crippen molar-refractivity contribution in [1.29, 1.82) is 0 Å². The normalized spacial score (nSPS) is 12.1. The molecule has 1 aromatic heterocycles. The van der Waals surface area contributed by atoms with Gasteiger partial charge in [0.15, 0.2) is 5.82 Å². The summed E-state index contributed by atoms with van der Waals surface area (Å²) in [6.45, 7) is 4.86. The van der Waals surface area contributed by atoms with Crippen LogP contribution in [0.1, 0.15) is 29.7 Å². The maximum atomic E-state index is 6.24. The molecule has 0 unspecified atom stereocenters. The van der Waals surface area contributed by atoms with Crippen molar-refractivity contribution in [1.82, 2.24) is 15.3 Å². The molecule has 1 atom stereocenters. The fourth-order valence-electron chi connectivity index (χ4n) is 2.59. The summed E-state index contributed by atoms with van der Waals surface area (Å²) in [5.41, 5.74) is 4.39. The number of hydrogen-bond acceptors (Lipinski definition) is 3. The minimum absolute atomic E-state index is 0.162. The maximum absolute atomic E-state index is 6.24. The first-order valence-corrected chi connectivity index (χ1v) is 8.37. The molecule has 0 saturated carbocycles. The summed E-state index contributed by atoms with van der Waals surface area (Å²) in [6, 6.07) is 16.3. The topological polar surface area (TPSA) is 37.8 Å². The highest BCUT2D eigenvalue weighted by atomic mass is 35.5. The van der Waals surface area contributed by atoms with Crippen LogP contribution >= 0.6 is 11.6 Å². The molecule has 0 spiro atoms. The van der Waals surface area contributed by atoms with Crippen molar-refractivity contribution in [3.05, 3.63) is 82.6 Å². The first-order valence-electron chi connectivity index (χ1n) is 7.99. The van der Waals surface area contributed by atoms with Gasteiger partial charge in [0.2, 0.25) is 0 Å².